The lowest BCUT2D eigenvalue weighted by Crippen LogP contribution is -2.30. The van der Waals surface area contributed by atoms with Crippen LogP contribution < -0.4 is 0 Å². The average Bonchev–Trinajstić information content (AvgIpc) is 2.74. The van der Waals surface area contributed by atoms with Gasteiger partial charge in [-0.2, -0.15) is 0 Å². The fourth-order valence-electron chi connectivity index (χ4n) is 4.05. The summed E-state index contributed by atoms with van der Waals surface area (Å²) in [7, 11) is 0. The molecule has 1 fully saturated rings. The van der Waals surface area contributed by atoms with Crippen LogP contribution >= 0.6 is 0 Å². The third kappa shape index (κ3) is 5.23. The normalized spacial score (nSPS) is 17.0. The minimum Gasteiger partial charge on any atom is -0.470 e. The van der Waals surface area contributed by atoms with Crippen LogP contribution in [0.4, 0.5) is 11.4 Å². The Labute approximate surface area is 193 Å². The van der Waals surface area contributed by atoms with Crippen molar-refractivity contribution < 1.29 is 9.47 Å². The molecule has 1 heterocycles. The molecule has 1 aliphatic heterocycles. The van der Waals surface area contributed by atoms with Gasteiger partial charge in [0.05, 0.1) is 11.4 Å². The molecule has 0 saturated carbocycles. The molecular weight excluding hydrogens is 396 g/mol. The summed E-state index contributed by atoms with van der Waals surface area (Å²) in [4.78, 5) is 10.1. The van der Waals surface area contributed by atoms with Gasteiger partial charge in [0.25, 0.3) is 11.8 Å². The first-order valence-corrected chi connectivity index (χ1v) is 11.9. The smallest absolute Gasteiger partial charge is 0.278 e. The van der Waals surface area contributed by atoms with Crippen LogP contribution in [-0.2, 0) is 9.47 Å². The third-order valence-corrected chi connectivity index (χ3v) is 5.86. The van der Waals surface area contributed by atoms with Gasteiger partial charge in [0.1, 0.15) is 13.2 Å². The van der Waals surface area contributed by atoms with Gasteiger partial charge in [-0.3, -0.25) is 0 Å². The summed E-state index contributed by atoms with van der Waals surface area (Å²) in [5.74, 6) is 2.36. The molecule has 0 bridgehead atoms. The van der Waals surface area contributed by atoms with Crippen LogP contribution in [0.15, 0.2) is 46.4 Å². The molecule has 2 aromatic rings. The monoisotopic (exact) mass is 434 g/mol. The van der Waals surface area contributed by atoms with E-state index in [1.807, 2.05) is 0 Å². The lowest BCUT2D eigenvalue weighted by atomic mass is 9.93. The number of nitrogens with zero attached hydrogens (tertiary/aromatic N) is 2. The Morgan fingerprint density at radius 3 is 1.06 bits per heavy atom. The predicted molar refractivity (Wildman–Crippen MR) is 135 cm³/mol. The second-order valence-corrected chi connectivity index (χ2v) is 9.72. The number of para-hydroxylation sites is 2. The largest absolute Gasteiger partial charge is 0.470 e. The number of ether oxygens (including phenoxy) is 2. The highest BCUT2D eigenvalue weighted by Gasteiger charge is 2.23. The number of hydrogen-bond donors (Lipinski definition) is 0. The molecule has 0 atom stereocenters. The molecule has 0 unspecified atom stereocenters. The van der Waals surface area contributed by atoms with Crippen LogP contribution in [-0.4, -0.2) is 25.0 Å². The molecule has 0 spiro atoms. The zero-order chi connectivity index (χ0) is 23.4. The average molecular weight is 435 g/mol. The second-order valence-electron chi connectivity index (χ2n) is 9.72. The molecule has 172 valence electrons. The Morgan fingerprint density at radius 1 is 0.531 bits per heavy atom. The molecule has 4 heteroatoms. The van der Waals surface area contributed by atoms with Crippen molar-refractivity contribution in [2.24, 2.45) is 9.98 Å². The van der Waals surface area contributed by atoms with E-state index >= 15 is 0 Å². The highest BCUT2D eigenvalue weighted by atomic mass is 16.6. The molecule has 4 nitrogen and oxygen atoms in total. The van der Waals surface area contributed by atoms with Gasteiger partial charge in [-0.1, -0.05) is 91.8 Å². The van der Waals surface area contributed by atoms with Crippen molar-refractivity contribution in [3.63, 3.8) is 0 Å². The third-order valence-electron chi connectivity index (χ3n) is 5.86. The maximum absolute atomic E-state index is 6.03. The van der Waals surface area contributed by atoms with Gasteiger partial charge in [0, 0.05) is 0 Å². The number of benzene rings is 2. The van der Waals surface area contributed by atoms with Gasteiger partial charge in [-0.15, -0.1) is 0 Å². The molecule has 3 rings (SSSR count). The summed E-state index contributed by atoms with van der Waals surface area (Å²) in [6.45, 7) is 18.5. The summed E-state index contributed by atoms with van der Waals surface area (Å²) >= 11 is 0. The van der Waals surface area contributed by atoms with E-state index in [2.05, 4.69) is 91.8 Å². The van der Waals surface area contributed by atoms with Gasteiger partial charge in [0.15, 0.2) is 0 Å². The number of hydrogen-bond acceptors (Lipinski definition) is 4. The Hall–Kier alpha value is -2.62. The molecule has 0 amide bonds. The zero-order valence-corrected chi connectivity index (χ0v) is 20.9. The first kappa shape index (κ1) is 24.0. The topological polar surface area (TPSA) is 43.2 Å². The van der Waals surface area contributed by atoms with E-state index in [1.165, 1.54) is 22.3 Å². The minimum absolute atomic E-state index is 0.354. The van der Waals surface area contributed by atoms with Crippen molar-refractivity contribution in [1.82, 2.24) is 0 Å². The van der Waals surface area contributed by atoms with Gasteiger partial charge >= 0.3 is 0 Å². The van der Waals surface area contributed by atoms with E-state index in [0.29, 0.717) is 48.7 Å². The van der Waals surface area contributed by atoms with Crippen LogP contribution in [0, 0.1) is 0 Å². The summed E-state index contributed by atoms with van der Waals surface area (Å²) in [5, 5.41) is 0. The summed E-state index contributed by atoms with van der Waals surface area (Å²) < 4.78 is 12.1. The standard InChI is InChI=1S/C28H38N2O2/c1-17(2)21-11-9-12-22(18(3)4)25(21)29-27-28(32-16-15-31-27)30-26-23(19(5)6)13-10-14-24(26)20(7)8/h9-14,17-20H,15-16H2,1-8H3. The van der Waals surface area contributed by atoms with Crippen LogP contribution in [0.25, 0.3) is 0 Å². The molecule has 0 aromatic heterocycles. The molecule has 0 radical (unpaired) electrons. The van der Waals surface area contributed by atoms with E-state index in [9.17, 15) is 0 Å². The van der Waals surface area contributed by atoms with E-state index in [0.717, 1.165) is 11.4 Å². The van der Waals surface area contributed by atoms with Crippen molar-refractivity contribution in [1.29, 1.82) is 0 Å². The predicted octanol–water partition coefficient (Wildman–Crippen LogP) is 7.99. The van der Waals surface area contributed by atoms with Crippen molar-refractivity contribution >= 4 is 23.2 Å². The van der Waals surface area contributed by atoms with Crippen molar-refractivity contribution in [3.05, 3.63) is 58.7 Å². The van der Waals surface area contributed by atoms with Crippen LogP contribution in [0.2, 0.25) is 0 Å². The van der Waals surface area contributed by atoms with Crippen molar-refractivity contribution in [3.8, 4) is 0 Å². The van der Waals surface area contributed by atoms with Crippen molar-refractivity contribution in [2.75, 3.05) is 13.2 Å². The molecule has 0 N–H and O–H groups in total. The van der Waals surface area contributed by atoms with Gasteiger partial charge in [0.2, 0.25) is 0 Å². The van der Waals surface area contributed by atoms with Gasteiger partial charge < -0.3 is 9.47 Å². The second kappa shape index (κ2) is 10.3. The van der Waals surface area contributed by atoms with Gasteiger partial charge in [-0.05, 0) is 45.9 Å². The lowest BCUT2D eigenvalue weighted by molar-refractivity contribution is 0.173. The Balaban J connectivity index is 2.20. The summed E-state index contributed by atoms with van der Waals surface area (Å²) in [6.07, 6.45) is 0. The Kier molecular flexibility index (Phi) is 7.76. The van der Waals surface area contributed by atoms with Crippen LogP contribution in [0.1, 0.15) is 101 Å². The first-order chi connectivity index (χ1) is 15.2. The lowest BCUT2D eigenvalue weighted by Gasteiger charge is -2.22. The highest BCUT2D eigenvalue weighted by Crippen LogP contribution is 2.37. The fourth-order valence-corrected chi connectivity index (χ4v) is 4.05. The molecular formula is C28H38N2O2. The van der Waals surface area contributed by atoms with E-state index < -0.39 is 0 Å². The van der Waals surface area contributed by atoms with Crippen LogP contribution in [0.3, 0.4) is 0 Å². The van der Waals surface area contributed by atoms with E-state index in [1.54, 1.807) is 0 Å². The van der Waals surface area contributed by atoms with Crippen molar-refractivity contribution in [2.45, 2.75) is 79.1 Å². The molecule has 2 aromatic carbocycles. The van der Waals surface area contributed by atoms with E-state index in [-0.39, 0.29) is 0 Å². The number of aliphatic imine (C=N–C) groups is 2. The highest BCUT2D eigenvalue weighted by molar-refractivity contribution is 6.36. The maximum Gasteiger partial charge on any atom is 0.278 e. The minimum atomic E-state index is 0.354. The SMILES string of the molecule is CC(C)c1cccc(C(C)C)c1N=C1OCCOC1=Nc1c(C(C)C)cccc1C(C)C. The first-order valence-electron chi connectivity index (χ1n) is 11.9. The zero-order valence-electron chi connectivity index (χ0n) is 20.9. The molecule has 1 saturated heterocycles. The molecule has 32 heavy (non-hydrogen) atoms. The van der Waals surface area contributed by atoms with Crippen LogP contribution in [0.5, 0.6) is 0 Å². The van der Waals surface area contributed by atoms with Gasteiger partial charge in [-0.25, -0.2) is 9.98 Å². The Bertz CT molecular complexity index is 866. The number of rotatable bonds is 6. The quantitative estimate of drug-likeness (QED) is 0.462. The Morgan fingerprint density at radius 2 is 0.812 bits per heavy atom. The molecule has 1 aliphatic rings. The maximum atomic E-state index is 6.03. The van der Waals surface area contributed by atoms with E-state index in [4.69, 9.17) is 19.5 Å². The summed E-state index contributed by atoms with van der Waals surface area (Å²) in [5.41, 5.74) is 6.80. The molecule has 0 aliphatic carbocycles. The fraction of sp³-hybridized carbons (Fsp3) is 0.500. The summed E-state index contributed by atoms with van der Waals surface area (Å²) in [6, 6.07) is 12.9.